The van der Waals surface area contributed by atoms with E-state index in [1.807, 2.05) is 53.8 Å². The summed E-state index contributed by atoms with van der Waals surface area (Å²) < 4.78 is 31.7. The topological polar surface area (TPSA) is 78.4 Å². The Hall–Kier alpha value is -3.17. The van der Waals surface area contributed by atoms with Gasteiger partial charge in [-0.25, -0.2) is 4.79 Å². The molecule has 9 heteroatoms. The first-order chi connectivity index (χ1) is 16.1. The van der Waals surface area contributed by atoms with Crippen molar-refractivity contribution in [2.24, 2.45) is 0 Å². The van der Waals surface area contributed by atoms with Crippen molar-refractivity contribution in [3.63, 3.8) is 0 Å². The summed E-state index contributed by atoms with van der Waals surface area (Å²) in [7, 11) is 0. The minimum Gasteiger partial charge on any atom is -0.475 e. The molecule has 34 heavy (non-hydrogen) atoms. The number of carboxylic acid groups (broad SMARTS) is 1. The number of thiophene rings is 1. The zero-order valence-corrected chi connectivity index (χ0v) is 19.2. The Morgan fingerprint density at radius 1 is 1.06 bits per heavy atom. The van der Waals surface area contributed by atoms with E-state index in [-0.39, 0.29) is 5.91 Å². The molecule has 1 aliphatic rings. The molecule has 4 rings (SSSR count). The van der Waals surface area contributed by atoms with Crippen LogP contribution in [0, 0.1) is 6.92 Å². The van der Waals surface area contributed by atoms with Gasteiger partial charge < -0.3 is 15.7 Å². The SMILES string of the molecule is Cc1csc(CN[C@@H]2C[C@H]2c2ccc(C(=O)NCc3ccccc3)cc2)c1.O=C(O)C(F)(F)F. The largest absolute Gasteiger partial charge is 0.490 e. The Kier molecular flexibility index (Phi) is 8.46. The quantitative estimate of drug-likeness (QED) is 0.422. The first-order valence-corrected chi connectivity index (χ1v) is 11.5. The lowest BCUT2D eigenvalue weighted by molar-refractivity contribution is -0.192. The van der Waals surface area contributed by atoms with Gasteiger partial charge in [0.1, 0.15) is 0 Å². The molecule has 2 aromatic carbocycles. The number of benzene rings is 2. The number of rotatable bonds is 7. The monoisotopic (exact) mass is 490 g/mol. The number of carbonyl (C=O) groups excluding carboxylic acids is 1. The number of hydrogen-bond donors (Lipinski definition) is 3. The molecule has 180 valence electrons. The van der Waals surface area contributed by atoms with Gasteiger partial charge in [-0.15, -0.1) is 11.3 Å². The van der Waals surface area contributed by atoms with Crippen molar-refractivity contribution < 1.29 is 27.9 Å². The van der Waals surface area contributed by atoms with Crippen LogP contribution in [0.1, 0.15) is 44.3 Å². The molecule has 0 bridgehead atoms. The summed E-state index contributed by atoms with van der Waals surface area (Å²) in [5.41, 5.74) is 4.48. The van der Waals surface area contributed by atoms with E-state index in [0.29, 0.717) is 24.1 Å². The molecule has 5 nitrogen and oxygen atoms in total. The molecule has 0 saturated heterocycles. The lowest BCUT2D eigenvalue weighted by atomic mass is 10.1. The smallest absolute Gasteiger partial charge is 0.475 e. The second-order valence-corrected chi connectivity index (χ2v) is 9.01. The summed E-state index contributed by atoms with van der Waals surface area (Å²) in [5.74, 6) is -2.22. The van der Waals surface area contributed by atoms with Crippen LogP contribution >= 0.6 is 11.3 Å². The van der Waals surface area contributed by atoms with Gasteiger partial charge in [-0.05, 0) is 53.6 Å². The second kappa shape index (κ2) is 11.3. The predicted octanol–water partition coefficient (Wildman–Crippen LogP) is 5.27. The van der Waals surface area contributed by atoms with E-state index >= 15 is 0 Å². The van der Waals surface area contributed by atoms with Crippen molar-refractivity contribution in [3.8, 4) is 0 Å². The van der Waals surface area contributed by atoms with Crippen LogP contribution in [-0.4, -0.2) is 29.2 Å². The van der Waals surface area contributed by atoms with Gasteiger partial charge in [0.25, 0.3) is 5.91 Å². The van der Waals surface area contributed by atoms with Gasteiger partial charge in [0, 0.05) is 35.5 Å². The van der Waals surface area contributed by atoms with Crippen molar-refractivity contribution in [1.29, 1.82) is 0 Å². The molecule has 0 radical (unpaired) electrons. The number of nitrogens with one attached hydrogen (secondary N) is 2. The standard InChI is InChI=1S/C23H24N2OS.C2HF3O2/c1-16-11-20(27-15-16)14-24-22-12-21(22)18-7-9-19(10-8-18)23(26)25-13-17-5-3-2-4-6-17;3-2(4,5)1(6)7/h2-11,15,21-22,24H,12-14H2,1H3,(H,25,26);(H,6,7)/t21-,22+;/m0./s1. The fourth-order valence-corrected chi connectivity index (χ4v) is 4.19. The van der Waals surface area contributed by atoms with Gasteiger partial charge in [-0.1, -0.05) is 42.5 Å². The van der Waals surface area contributed by atoms with Gasteiger partial charge in [-0.3, -0.25) is 4.79 Å². The third-order valence-corrected chi connectivity index (χ3v) is 6.31. The highest BCUT2D eigenvalue weighted by atomic mass is 32.1. The molecule has 2 atom stereocenters. The van der Waals surface area contributed by atoms with E-state index in [1.165, 1.54) is 22.4 Å². The number of hydrogen-bond acceptors (Lipinski definition) is 4. The van der Waals surface area contributed by atoms with Crippen LogP contribution < -0.4 is 10.6 Å². The first-order valence-electron chi connectivity index (χ1n) is 10.6. The lowest BCUT2D eigenvalue weighted by Gasteiger charge is -2.07. The Morgan fingerprint density at radius 2 is 1.71 bits per heavy atom. The van der Waals surface area contributed by atoms with E-state index in [9.17, 15) is 18.0 Å². The number of halogens is 3. The summed E-state index contributed by atoms with van der Waals surface area (Å²) in [6.07, 6.45) is -3.91. The zero-order chi connectivity index (χ0) is 24.7. The molecule has 3 N–H and O–H groups in total. The van der Waals surface area contributed by atoms with Crippen LogP contribution in [0.15, 0.2) is 66.0 Å². The maximum atomic E-state index is 12.3. The highest BCUT2D eigenvalue weighted by Gasteiger charge is 2.38. The van der Waals surface area contributed by atoms with E-state index in [0.717, 1.165) is 12.1 Å². The Bertz CT molecular complexity index is 1100. The summed E-state index contributed by atoms with van der Waals surface area (Å²) in [4.78, 5) is 22.6. The number of aryl methyl sites for hydroxylation is 1. The molecular weight excluding hydrogens is 465 g/mol. The van der Waals surface area contributed by atoms with Crippen molar-refractivity contribution in [3.05, 3.63) is 93.2 Å². The molecule has 0 spiro atoms. The highest BCUT2D eigenvalue weighted by Crippen LogP contribution is 2.41. The minimum absolute atomic E-state index is 0.0241. The molecule has 0 unspecified atom stereocenters. The summed E-state index contributed by atoms with van der Waals surface area (Å²) in [6.45, 7) is 3.63. The van der Waals surface area contributed by atoms with Crippen LogP contribution in [0.3, 0.4) is 0 Å². The fraction of sp³-hybridized carbons (Fsp3) is 0.280. The maximum absolute atomic E-state index is 12.3. The number of carboxylic acids is 1. The van der Waals surface area contributed by atoms with Gasteiger partial charge in [-0.2, -0.15) is 13.2 Å². The van der Waals surface area contributed by atoms with Gasteiger partial charge in [0.15, 0.2) is 0 Å². The van der Waals surface area contributed by atoms with Gasteiger partial charge >= 0.3 is 12.1 Å². The molecule has 1 aliphatic carbocycles. The zero-order valence-electron chi connectivity index (χ0n) is 18.4. The fourth-order valence-electron chi connectivity index (χ4n) is 3.37. The molecule has 1 amide bonds. The molecule has 1 fully saturated rings. The van der Waals surface area contributed by atoms with Crippen LogP contribution in [0.2, 0.25) is 0 Å². The average Bonchev–Trinajstić information content (AvgIpc) is 3.48. The van der Waals surface area contributed by atoms with Crippen LogP contribution in [0.4, 0.5) is 13.2 Å². The molecule has 0 aliphatic heterocycles. The molecule has 1 saturated carbocycles. The number of alkyl halides is 3. The third-order valence-electron chi connectivity index (χ3n) is 5.25. The number of carbonyl (C=O) groups is 2. The number of amides is 1. The molecule has 1 aromatic heterocycles. The van der Waals surface area contributed by atoms with Gasteiger partial charge in [0.05, 0.1) is 0 Å². The summed E-state index contributed by atoms with van der Waals surface area (Å²) >= 11 is 1.82. The van der Waals surface area contributed by atoms with Crippen LogP contribution in [0.25, 0.3) is 0 Å². The minimum atomic E-state index is -5.08. The first kappa shape index (κ1) is 25.5. The normalized spacial score (nSPS) is 16.8. The van der Waals surface area contributed by atoms with Crippen molar-refractivity contribution in [2.45, 2.75) is 44.6 Å². The number of aliphatic carboxylic acids is 1. The van der Waals surface area contributed by atoms with E-state index < -0.39 is 12.1 Å². The van der Waals surface area contributed by atoms with Crippen molar-refractivity contribution in [2.75, 3.05) is 0 Å². The van der Waals surface area contributed by atoms with Crippen molar-refractivity contribution in [1.82, 2.24) is 10.6 Å². The van der Waals surface area contributed by atoms with E-state index in [1.54, 1.807) is 0 Å². The summed E-state index contributed by atoms with van der Waals surface area (Å²) in [6, 6.07) is 20.8. The van der Waals surface area contributed by atoms with Crippen LogP contribution in [0.5, 0.6) is 0 Å². The van der Waals surface area contributed by atoms with E-state index in [4.69, 9.17) is 9.90 Å². The predicted molar refractivity (Wildman–Crippen MR) is 125 cm³/mol. The second-order valence-electron chi connectivity index (χ2n) is 8.01. The highest BCUT2D eigenvalue weighted by molar-refractivity contribution is 7.10. The Morgan fingerprint density at radius 3 is 2.26 bits per heavy atom. The average molecular weight is 491 g/mol. The van der Waals surface area contributed by atoms with Crippen molar-refractivity contribution >= 4 is 23.2 Å². The maximum Gasteiger partial charge on any atom is 0.490 e. The summed E-state index contributed by atoms with van der Waals surface area (Å²) in [5, 5.41) is 15.9. The van der Waals surface area contributed by atoms with E-state index in [2.05, 4.69) is 41.1 Å². The van der Waals surface area contributed by atoms with Crippen LogP contribution in [-0.2, 0) is 17.9 Å². The van der Waals surface area contributed by atoms with Gasteiger partial charge in [0.2, 0.25) is 0 Å². The lowest BCUT2D eigenvalue weighted by Crippen LogP contribution is -2.22. The molecular formula is C25H25F3N2O3S. The third kappa shape index (κ3) is 7.71. The Balaban J connectivity index is 0.000000406. The Labute approximate surface area is 199 Å². The molecule has 3 aromatic rings. The molecule has 1 heterocycles.